The minimum atomic E-state index is -0.377. The van der Waals surface area contributed by atoms with Crippen LogP contribution < -0.4 is 0 Å². The topological polar surface area (TPSA) is 35.5 Å². The fourth-order valence-corrected chi connectivity index (χ4v) is 1.31. The van der Waals surface area contributed by atoms with Gasteiger partial charge in [-0.05, 0) is 6.92 Å². The largest absolute Gasteiger partial charge is 0.431 e. The van der Waals surface area contributed by atoms with E-state index in [-0.39, 0.29) is 12.3 Å². The van der Waals surface area contributed by atoms with Crippen LogP contribution in [0.15, 0.2) is 12.2 Å². The number of ether oxygens (including phenoxy) is 2. The number of carbonyl (C=O) groups excluding carboxylic acids is 1. The Morgan fingerprint density at radius 2 is 2.55 bits per heavy atom. The summed E-state index contributed by atoms with van der Waals surface area (Å²) in [6.07, 6.45) is -0.371. The van der Waals surface area contributed by atoms with Crippen molar-refractivity contribution in [2.24, 2.45) is 0 Å². The van der Waals surface area contributed by atoms with Gasteiger partial charge in [0, 0.05) is 5.57 Å². The van der Waals surface area contributed by atoms with E-state index in [1.54, 1.807) is 18.7 Å². The number of hydrogen-bond acceptors (Lipinski definition) is 4. The molecule has 11 heavy (non-hydrogen) atoms. The van der Waals surface area contributed by atoms with E-state index in [0.717, 1.165) is 5.75 Å². The first kappa shape index (κ1) is 8.62. The van der Waals surface area contributed by atoms with Gasteiger partial charge in [0.05, 0.1) is 11.7 Å². The number of hydrogen-bond donors (Lipinski definition) is 0. The second-order valence-corrected chi connectivity index (χ2v) is 3.25. The van der Waals surface area contributed by atoms with E-state index in [9.17, 15) is 4.79 Å². The average molecular weight is 174 g/mol. The van der Waals surface area contributed by atoms with Gasteiger partial charge in [-0.1, -0.05) is 6.58 Å². The summed E-state index contributed by atoms with van der Waals surface area (Å²) < 4.78 is 9.94. The summed E-state index contributed by atoms with van der Waals surface area (Å²) >= 11 is 1.61. The molecule has 1 fully saturated rings. The van der Waals surface area contributed by atoms with Crippen molar-refractivity contribution >= 4 is 17.7 Å². The van der Waals surface area contributed by atoms with Crippen LogP contribution in [0.1, 0.15) is 6.92 Å². The third kappa shape index (κ3) is 2.55. The highest BCUT2D eigenvalue weighted by Gasteiger charge is 2.20. The van der Waals surface area contributed by atoms with Gasteiger partial charge in [0.2, 0.25) is 6.29 Å². The zero-order chi connectivity index (χ0) is 8.27. The molecular formula is C7H10O3S. The van der Waals surface area contributed by atoms with Crippen LogP contribution in [-0.2, 0) is 14.3 Å². The van der Waals surface area contributed by atoms with Crippen molar-refractivity contribution in [1.29, 1.82) is 0 Å². The minimum Gasteiger partial charge on any atom is -0.431 e. The van der Waals surface area contributed by atoms with E-state index in [2.05, 4.69) is 6.58 Å². The molecule has 1 unspecified atom stereocenters. The molecule has 0 saturated carbocycles. The monoisotopic (exact) mass is 174 g/mol. The van der Waals surface area contributed by atoms with Crippen LogP contribution in [0.3, 0.4) is 0 Å². The fourth-order valence-electron chi connectivity index (χ4n) is 0.604. The first-order chi connectivity index (χ1) is 5.20. The van der Waals surface area contributed by atoms with E-state index < -0.39 is 0 Å². The lowest BCUT2D eigenvalue weighted by Crippen LogP contribution is -2.19. The van der Waals surface area contributed by atoms with E-state index in [0.29, 0.717) is 11.5 Å². The zero-order valence-corrected chi connectivity index (χ0v) is 7.15. The summed E-state index contributed by atoms with van der Waals surface area (Å²) in [5.74, 6) is 0.949. The molecule has 0 radical (unpaired) electrons. The molecule has 4 heteroatoms. The van der Waals surface area contributed by atoms with Gasteiger partial charge in [0.1, 0.15) is 0 Å². The second kappa shape index (κ2) is 3.78. The highest BCUT2D eigenvalue weighted by atomic mass is 32.2. The lowest BCUT2D eigenvalue weighted by Gasteiger charge is -2.09. The predicted octanol–water partition coefficient (Wildman–Crippen LogP) is 1.15. The Kier molecular flexibility index (Phi) is 2.96. The molecular weight excluding hydrogens is 164 g/mol. The Morgan fingerprint density at radius 3 is 3.00 bits per heavy atom. The van der Waals surface area contributed by atoms with E-state index in [1.165, 1.54) is 0 Å². The Hall–Kier alpha value is -0.480. The SMILES string of the molecule is C=C(C)C(=O)OC1CSCO1. The summed E-state index contributed by atoms with van der Waals surface area (Å²) in [4.78, 5) is 10.9. The van der Waals surface area contributed by atoms with Crippen LogP contribution >= 0.6 is 11.8 Å². The number of rotatable bonds is 2. The maximum absolute atomic E-state index is 10.9. The van der Waals surface area contributed by atoms with E-state index >= 15 is 0 Å². The fraction of sp³-hybridized carbons (Fsp3) is 0.571. The molecule has 0 N–H and O–H groups in total. The molecule has 1 atom stereocenters. The summed E-state index contributed by atoms with van der Waals surface area (Å²) in [5.41, 5.74) is 0.408. The van der Waals surface area contributed by atoms with Gasteiger partial charge in [0.25, 0.3) is 0 Å². The van der Waals surface area contributed by atoms with Crippen LogP contribution in [0.4, 0.5) is 0 Å². The number of thioether (sulfide) groups is 1. The Bertz CT molecular complexity index is 173. The van der Waals surface area contributed by atoms with Crippen molar-refractivity contribution in [3.05, 3.63) is 12.2 Å². The number of carbonyl (C=O) groups is 1. The van der Waals surface area contributed by atoms with Crippen LogP contribution in [0.25, 0.3) is 0 Å². The van der Waals surface area contributed by atoms with Crippen molar-refractivity contribution in [2.45, 2.75) is 13.2 Å². The van der Waals surface area contributed by atoms with Crippen LogP contribution in [0.2, 0.25) is 0 Å². The van der Waals surface area contributed by atoms with Gasteiger partial charge in [-0.2, -0.15) is 0 Å². The molecule has 3 nitrogen and oxygen atoms in total. The molecule has 0 aromatic carbocycles. The average Bonchev–Trinajstić information content (AvgIpc) is 2.39. The summed E-state index contributed by atoms with van der Waals surface area (Å²) in [6, 6.07) is 0. The van der Waals surface area contributed by atoms with Crippen molar-refractivity contribution in [3.8, 4) is 0 Å². The zero-order valence-electron chi connectivity index (χ0n) is 6.33. The maximum Gasteiger partial charge on any atom is 0.335 e. The Morgan fingerprint density at radius 1 is 1.82 bits per heavy atom. The molecule has 0 bridgehead atoms. The molecule has 0 aromatic rings. The Labute approximate surface area is 69.7 Å². The Balaban J connectivity index is 2.29. The molecule has 62 valence electrons. The van der Waals surface area contributed by atoms with Crippen molar-refractivity contribution in [3.63, 3.8) is 0 Å². The van der Waals surface area contributed by atoms with Crippen LogP contribution in [0, 0.1) is 0 Å². The van der Waals surface area contributed by atoms with Gasteiger partial charge >= 0.3 is 5.97 Å². The lowest BCUT2D eigenvalue weighted by molar-refractivity contribution is -0.162. The van der Waals surface area contributed by atoms with Gasteiger partial charge in [0.15, 0.2) is 0 Å². The summed E-state index contributed by atoms with van der Waals surface area (Å²) in [6.45, 7) is 5.08. The highest BCUT2D eigenvalue weighted by Crippen LogP contribution is 2.17. The van der Waals surface area contributed by atoms with Gasteiger partial charge in [-0.15, -0.1) is 11.8 Å². The normalized spacial score (nSPS) is 23.2. The molecule has 1 heterocycles. The molecule has 0 amide bonds. The third-order valence-corrected chi connectivity index (χ3v) is 1.99. The van der Waals surface area contributed by atoms with Crippen molar-refractivity contribution < 1.29 is 14.3 Å². The van der Waals surface area contributed by atoms with Crippen molar-refractivity contribution in [2.75, 3.05) is 11.7 Å². The standard InChI is InChI=1S/C7H10O3S/c1-5(2)7(8)10-6-3-11-4-9-6/h6H,1,3-4H2,2H3. The highest BCUT2D eigenvalue weighted by molar-refractivity contribution is 7.99. The molecule has 0 aromatic heterocycles. The smallest absolute Gasteiger partial charge is 0.335 e. The first-order valence-electron chi connectivity index (χ1n) is 3.26. The molecule has 0 aliphatic carbocycles. The molecule has 1 aliphatic rings. The van der Waals surface area contributed by atoms with Crippen molar-refractivity contribution in [1.82, 2.24) is 0 Å². The van der Waals surface area contributed by atoms with Gasteiger partial charge < -0.3 is 9.47 Å². The third-order valence-electron chi connectivity index (χ3n) is 1.18. The molecule has 1 saturated heterocycles. The quantitative estimate of drug-likeness (QED) is 0.465. The summed E-state index contributed by atoms with van der Waals surface area (Å²) in [5, 5.41) is 0. The summed E-state index contributed by atoms with van der Waals surface area (Å²) in [7, 11) is 0. The maximum atomic E-state index is 10.9. The van der Waals surface area contributed by atoms with Gasteiger partial charge in [-0.3, -0.25) is 0 Å². The second-order valence-electron chi connectivity index (χ2n) is 2.27. The minimum absolute atomic E-state index is 0.371. The van der Waals surface area contributed by atoms with E-state index in [4.69, 9.17) is 9.47 Å². The van der Waals surface area contributed by atoms with Crippen LogP contribution in [-0.4, -0.2) is 24.0 Å². The predicted molar refractivity (Wildman–Crippen MR) is 43.1 cm³/mol. The van der Waals surface area contributed by atoms with E-state index in [1.807, 2.05) is 0 Å². The number of esters is 1. The lowest BCUT2D eigenvalue weighted by atomic mass is 10.4. The molecule has 1 aliphatic heterocycles. The first-order valence-corrected chi connectivity index (χ1v) is 4.41. The molecule has 1 rings (SSSR count). The van der Waals surface area contributed by atoms with Crippen LogP contribution in [0.5, 0.6) is 0 Å². The molecule has 0 spiro atoms. The van der Waals surface area contributed by atoms with Gasteiger partial charge in [-0.25, -0.2) is 4.79 Å².